The molecule has 0 saturated heterocycles. The van der Waals surface area contributed by atoms with Gasteiger partial charge in [0.1, 0.15) is 5.02 Å². The summed E-state index contributed by atoms with van der Waals surface area (Å²) in [6.45, 7) is 2.66. The first-order valence-corrected chi connectivity index (χ1v) is 5.91. The first kappa shape index (κ1) is 12.6. The van der Waals surface area contributed by atoms with Crippen molar-refractivity contribution in [2.24, 2.45) is 7.05 Å². The molecular formula is C11H14ClN5O. The fourth-order valence-electron chi connectivity index (χ4n) is 1.61. The van der Waals surface area contributed by atoms with E-state index in [2.05, 4.69) is 15.5 Å². The van der Waals surface area contributed by atoms with E-state index in [1.54, 1.807) is 24.1 Å². The third-order valence-corrected chi connectivity index (χ3v) is 2.87. The lowest BCUT2D eigenvalue weighted by Gasteiger charge is -2.16. The van der Waals surface area contributed by atoms with Crippen LogP contribution in [0.25, 0.3) is 0 Å². The molecule has 0 bridgehead atoms. The van der Waals surface area contributed by atoms with E-state index in [4.69, 9.17) is 11.6 Å². The van der Waals surface area contributed by atoms with Crippen molar-refractivity contribution in [3.63, 3.8) is 0 Å². The molecule has 2 aromatic heterocycles. The summed E-state index contributed by atoms with van der Waals surface area (Å²) in [7, 11) is 1.56. The Morgan fingerprint density at radius 3 is 2.94 bits per heavy atom. The monoisotopic (exact) mass is 267 g/mol. The van der Waals surface area contributed by atoms with Gasteiger partial charge in [0.05, 0.1) is 18.4 Å². The first-order valence-electron chi connectivity index (χ1n) is 5.53. The summed E-state index contributed by atoms with van der Waals surface area (Å²) in [6, 6.07) is 1.94. The van der Waals surface area contributed by atoms with Gasteiger partial charge in [-0.3, -0.25) is 9.48 Å². The number of hydrogen-bond acceptors (Lipinski definition) is 4. The number of nitrogens with one attached hydrogen (secondary N) is 1. The summed E-state index contributed by atoms with van der Waals surface area (Å²) in [5, 5.41) is 11.3. The SMILES string of the molecule is CC(Cn1cccn1)Nc1cnn(C)c(=O)c1Cl. The highest BCUT2D eigenvalue weighted by atomic mass is 35.5. The number of hydrogen-bond donors (Lipinski definition) is 1. The molecule has 0 fully saturated rings. The van der Waals surface area contributed by atoms with Crippen molar-refractivity contribution in [1.82, 2.24) is 19.6 Å². The molecule has 2 rings (SSSR count). The topological polar surface area (TPSA) is 64.7 Å². The molecule has 18 heavy (non-hydrogen) atoms. The third-order valence-electron chi connectivity index (χ3n) is 2.50. The second kappa shape index (κ2) is 5.22. The van der Waals surface area contributed by atoms with Crippen LogP contribution in [0, 0.1) is 0 Å². The molecule has 1 N–H and O–H groups in total. The van der Waals surface area contributed by atoms with E-state index in [1.165, 1.54) is 4.68 Å². The molecule has 2 aromatic rings. The van der Waals surface area contributed by atoms with Gasteiger partial charge >= 0.3 is 0 Å². The van der Waals surface area contributed by atoms with E-state index in [0.29, 0.717) is 12.2 Å². The zero-order valence-corrected chi connectivity index (χ0v) is 10.9. The molecule has 1 unspecified atom stereocenters. The summed E-state index contributed by atoms with van der Waals surface area (Å²) in [4.78, 5) is 11.6. The molecule has 0 aromatic carbocycles. The van der Waals surface area contributed by atoms with Crippen molar-refractivity contribution < 1.29 is 0 Å². The fraction of sp³-hybridized carbons (Fsp3) is 0.364. The lowest BCUT2D eigenvalue weighted by atomic mass is 10.3. The molecule has 96 valence electrons. The van der Waals surface area contributed by atoms with Crippen molar-refractivity contribution in [2.75, 3.05) is 5.32 Å². The molecule has 0 radical (unpaired) electrons. The maximum absolute atomic E-state index is 11.6. The van der Waals surface area contributed by atoms with E-state index < -0.39 is 0 Å². The average Bonchev–Trinajstić information content (AvgIpc) is 2.83. The smallest absolute Gasteiger partial charge is 0.287 e. The van der Waals surface area contributed by atoms with Crippen LogP contribution in [-0.2, 0) is 13.6 Å². The Labute approximate surface area is 109 Å². The predicted octanol–water partition coefficient (Wildman–Crippen LogP) is 1.13. The minimum absolute atomic E-state index is 0.0799. The number of rotatable bonds is 4. The van der Waals surface area contributed by atoms with Gasteiger partial charge in [0.25, 0.3) is 5.56 Å². The van der Waals surface area contributed by atoms with Crippen LogP contribution in [0.1, 0.15) is 6.92 Å². The van der Waals surface area contributed by atoms with Gasteiger partial charge in [-0.1, -0.05) is 11.6 Å². The van der Waals surface area contributed by atoms with Gasteiger partial charge in [0.2, 0.25) is 0 Å². The highest BCUT2D eigenvalue weighted by molar-refractivity contribution is 6.32. The Morgan fingerprint density at radius 1 is 1.50 bits per heavy atom. The average molecular weight is 268 g/mol. The Balaban J connectivity index is 2.10. The van der Waals surface area contributed by atoms with Gasteiger partial charge < -0.3 is 5.32 Å². The van der Waals surface area contributed by atoms with Crippen molar-refractivity contribution >= 4 is 17.3 Å². The third kappa shape index (κ3) is 2.70. The number of aryl methyl sites for hydroxylation is 1. The van der Waals surface area contributed by atoms with Gasteiger partial charge in [0, 0.05) is 25.5 Å². The van der Waals surface area contributed by atoms with E-state index in [1.807, 2.05) is 19.2 Å². The Kier molecular flexibility index (Phi) is 3.66. The van der Waals surface area contributed by atoms with Crippen LogP contribution in [0.5, 0.6) is 0 Å². The largest absolute Gasteiger partial charge is 0.378 e. The molecule has 0 spiro atoms. The molecule has 6 nitrogen and oxygen atoms in total. The zero-order chi connectivity index (χ0) is 13.1. The van der Waals surface area contributed by atoms with Crippen LogP contribution in [0.4, 0.5) is 5.69 Å². The fourth-order valence-corrected chi connectivity index (χ4v) is 1.84. The van der Waals surface area contributed by atoms with Crippen LogP contribution in [0.3, 0.4) is 0 Å². The highest BCUT2D eigenvalue weighted by Crippen LogP contribution is 2.16. The molecule has 0 aliphatic rings. The lowest BCUT2D eigenvalue weighted by molar-refractivity contribution is 0.560. The lowest BCUT2D eigenvalue weighted by Crippen LogP contribution is -2.26. The van der Waals surface area contributed by atoms with Gasteiger partial charge in [0.15, 0.2) is 0 Å². The molecular weight excluding hydrogens is 254 g/mol. The van der Waals surface area contributed by atoms with E-state index in [0.717, 1.165) is 0 Å². The van der Waals surface area contributed by atoms with E-state index in [-0.39, 0.29) is 16.6 Å². The molecule has 7 heteroatoms. The van der Waals surface area contributed by atoms with E-state index in [9.17, 15) is 4.79 Å². The molecule has 0 amide bonds. The molecule has 2 heterocycles. The Morgan fingerprint density at radius 2 is 2.28 bits per heavy atom. The van der Waals surface area contributed by atoms with Crippen LogP contribution in [0.2, 0.25) is 5.02 Å². The van der Waals surface area contributed by atoms with Crippen molar-refractivity contribution in [2.45, 2.75) is 19.5 Å². The number of aromatic nitrogens is 4. The summed E-state index contributed by atoms with van der Waals surface area (Å²) in [5.74, 6) is 0. The van der Waals surface area contributed by atoms with Crippen LogP contribution in [-0.4, -0.2) is 25.6 Å². The second-order valence-electron chi connectivity index (χ2n) is 4.07. The van der Waals surface area contributed by atoms with Gasteiger partial charge in [-0.15, -0.1) is 0 Å². The van der Waals surface area contributed by atoms with Gasteiger partial charge in [-0.05, 0) is 13.0 Å². The Bertz CT molecular complexity index is 578. The van der Waals surface area contributed by atoms with Crippen LogP contribution in [0.15, 0.2) is 29.5 Å². The normalized spacial score (nSPS) is 12.4. The quantitative estimate of drug-likeness (QED) is 0.902. The van der Waals surface area contributed by atoms with E-state index >= 15 is 0 Å². The maximum Gasteiger partial charge on any atom is 0.287 e. The van der Waals surface area contributed by atoms with Crippen LogP contribution >= 0.6 is 11.6 Å². The maximum atomic E-state index is 11.6. The number of anilines is 1. The zero-order valence-electron chi connectivity index (χ0n) is 10.2. The minimum Gasteiger partial charge on any atom is -0.378 e. The summed E-state index contributed by atoms with van der Waals surface area (Å²) in [5.41, 5.74) is 0.229. The second-order valence-corrected chi connectivity index (χ2v) is 4.45. The number of halogens is 1. The van der Waals surface area contributed by atoms with Gasteiger partial charge in [-0.2, -0.15) is 10.2 Å². The van der Waals surface area contributed by atoms with Crippen LogP contribution < -0.4 is 10.9 Å². The summed E-state index contributed by atoms with van der Waals surface area (Å²) >= 11 is 5.97. The molecule has 1 atom stereocenters. The van der Waals surface area contributed by atoms with Crippen molar-refractivity contribution in [3.05, 3.63) is 40.0 Å². The standard InChI is InChI=1S/C11H14ClN5O/c1-8(7-17-5-3-4-13-17)15-9-6-14-16(2)11(18)10(9)12/h3-6,8,15H,7H2,1-2H3. The molecule has 0 saturated carbocycles. The first-order chi connectivity index (χ1) is 8.58. The van der Waals surface area contributed by atoms with Gasteiger partial charge in [-0.25, -0.2) is 4.68 Å². The highest BCUT2D eigenvalue weighted by Gasteiger charge is 2.10. The van der Waals surface area contributed by atoms with Crippen molar-refractivity contribution in [1.29, 1.82) is 0 Å². The van der Waals surface area contributed by atoms with Crippen molar-refractivity contribution in [3.8, 4) is 0 Å². The number of nitrogens with zero attached hydrogens (tertiary/aromatic N) is 4. The summed E-state index contributed by atoms with van der Waals surface area (Å²) in [6.07, 6.45) is 5.14. The predicted molar refractivity (Wildman–Crippen MR) is 69.8 cm³/mol. The molecule has 0 aliphatic carbocycles. The summed E-state index contributed by atoms with van der Waals surface area (Å²) < 4.78 is 3.01. The minimum atomic E-state index is -0.312. The Hall–Kier alpha value is -1.82. The molecule has 0 aliphatic heterocycles.